The van der Waals surface area contributed by atoms with Gasteiger partial charge in [0.15, 0.2) is 5.13 Å². The van der Waals surface area contributed by atoms with Crippen molar-refractivity contribution >= 4 is 22.4 Å². The van der Waals surface area contributed by atoms with E-state index in [0.29, 0.717) is 11.7 Å². The molecule has 0 radical (unpaired) electrons. The fourth-order valence-corrected chi connectivity index (χ4v) is 3.09. The van der Waals surface area contributed by atoms with Crippen LogP contribution in [-0.2, 0) is 11.2 Å². The molecule has 0 aliphatic carbocycles. The van der Waals surface area contributed by atoms with Crippen molar-refractivity contribution in [1.82, 2.24) is 9.88 Å². The number of hydrogen-bond donors (Lipinski definition) is 2. The van der Waals surface area contributed by atoms with Gasteiger partial charge in [0.25, 0.3) is 0 Å². The molecule has 2 N–H and O–H groups in total. The fraction of sp³-hybridized carbons (Fsp3) is 0.667. The standard InChI is InChI=1S/C12H19N3O2S/c1-2-15-5-3-4-10(15)7-13-12-14-9(8-18-12)6-11(16)17/h8,10H,2-7H2,1H3,(H,13,14)(H,16,17). The second kappa shape index (κ2) is 6.15. The van der Waals surface area contributed by atoms with Gasteiger partial charge in [-0.3, -0.25) is 9.69 Å². The third kappa shape index (κ3) is 3.43. The summed E-state index contributed by atoms with van der Waals surface area (Å²) in [6.07, 6.45) is 2.50. The first-order chi connectivity index (χ1) is 8.69. The Labute approximate surface area is 111 Å². The highest BCUT2D eigenvalue weighted by molar-refractivity contribution is 7.13. The van der Waals surface area contributed by atoms with E-state index in [1.807, 2.05) is 5.38 Å². The van der Waals surface area contributed by atoms with Crippen LogP contribution in [0.4, 0.5) is 5.13 Å². The first kappa shape index (κ1) is 13.3. The summed E-state index contributed by atoms with van der Waals surface area (Å²) in [7, 11) is 0. The number of anilines is 1. The zero-order chi connectivity index (χ0) is 13.0. The average molecular weight is 269 g/mol. The lowest BCUT2D eigenvalue weighted by Crippen LogP contribution is -2.34. The van der Waals surface area contributed by atoms with E-state index >= 15 is 0 Å². The zero-order valence-electron chi connectivity index (χ0n) is 10.6. The van der Waals surface area contributed by atoms with E-state index in [9.17, 15) is 4.79 Å². The molecule has 0 spiro atoms. The minimum Gasteiger partial charge on any atom is -0.481 e. The van der Waals surface area contributed by atoms with E-state index in [2.05, 4.69) is 22.1 Å². The van der Waals surface area contributed by atoms with Gasteiger partial charge < -0.3 is 10.4 Å². The SMILES string of the molecule is CCN1CCCC1CNc1nc(CC(=O)O)cs1. The Balaban J connectivity index is 1.82. The smallest absolute Gasteiger partial charge is 0.309 e. The number of carboxylic acid groups (broad SMARTS) is 1. The maximum Gasteiger partial charge on any atom is 0.309 e. The number of likely N-dealkylation sites (tertiary alicyclic amines) is 1. The molecule has 1 aliphatic rings. The number of aliphatic carboxylic acids is 1. The van der Waals surface area contributed by atoms with Crippen LogP contribution in [0.25, 0.3) is 0 Å². The van der Waals surface area contributed by atoms with Crippen molar-refractivity contribution in [3.05, 3.63) is 11.1 Å². The van der Waals surface area contributed by atoms with Crippen LogP contribution in [0.5, 0.6) is 0 Å². The molecule has 1 fully saturated rings. The molecule has 0 bridgehead atoms. The number of carboxylic acids is 1. The molecule has 1 saturated heterocycles. The van der Waals surface area contributed by atoms with Crippen LogP contribution >= 0.6 is 11.3 Å². The van der Waals surface area contributed by atoms with Crippen LogP contribution in [0.3, 0.4) is 0 Å². The number of likely N-dealkylation sites (N-methyl/N-ethyl adjacent to an activating group) is 1. The van der Waals surface area contributed by atoms with E-state index in [4.69, 9.17) is 5.11 Å². The number of nitrogens with one attached hydrogen (secondary N) is 1. The van der Waals surface area contributed by atoms with Gasteiger partial charge in [-0.2, -0.15) is 0 Å². The van der Waals surface area contributed by atoms with Crippen LogP contribution in [0.15, 0.2) is 5.38 Å². The van der Waals surface area contributed by atoms with Crippen LogP contribution in [-0.4, -0.2) is 46.6 Å². The first-order valence-electron chi connectivity index (χ1n) is 6.33. The number of carbonyl (C=O) groups is 1. The lowest BCUT2D eigenvalue weighted by atomic mass is 10.2. The van der Waals surface area contributed by atoms with Crippen molar-refractivity contribution in [2.75, 3.05) is 25.0 Å². The Kier molecular flexibility index (Phi) is 4.54. The van der Waals surface area contributed by atoms with Crippen LogP contribution < -0.4 is 5.32 Å². The quantitative estimate of drug-likeness (QED) is 0.822. The molecule has 1 aliphatic heterocycles. The van der Waals surface area contributed by atoms with Crippen molar-refractivity contribution in [2.45, 2.75) is 32.2 Å². The van der Waals surface area contributed by atoms with Crippen molar-refractivity contribution in [3.63, 3.8) is 0 Å². The van der Waals surface area contributed by atoms with Gasteiger partial charge in [0.1, 0.15) is 0 Å². The average Bonchev–Trinajstić information content (AvgIpc) is 2.93. The van der Waals surface area contributed by atoms with E-state index in [1.165, 1.54) is 30.7 Å². The van der Waals surface area contributed by atoms with Gasteiger partial charge in [0.05, 0.1) is 12.1 Å². The van der Waals surface area contributed by atoms with Gasteiger partial charge in [-0.1, -0.05) is 6.92 Å². The van der Waals surface area contributed by atoms with E-state index in [0.717, 1.165) is 18.2 Å². The number of aromatic nitrogens is 1. The molecular weight excluding hydrogens is 250 g/mol. The van der Waals surface area contributed by atoms with Gasteiger partial charge >= 0.3 is 5.97 Å². The molecule has 100 valence electrons. The van der Waals surface area contributed by atoms with Gasteiger partial charge in [0, 0.05) is 18.0 Å². The Bertz CT molecular complexity index is 408. The Hall–Kier alpha value is -1.14. The van der Waals surface area contributed by atoms with Crippen molar-refractivity contribution in [2.24, 2.45) is 0 Å². The number of thiazole rings is 1. The van der Waals surface area contributed by atoms with E-state index in [-0.39, 0.29) is 6.42 Å². The highest BCUT2D eigenvalue weighted by Crippen LogP contribution is 2.20. The fourth-order valence-electron chi connectivity index (χ4n) is 2.37. The van der Waals surface area contributed by atoms with Crippen molar-refractivity contribution in [1.29, 1.82) is 0 Å². The largest absolute Gasteiger partial charge is 0.481 e. The predicted molar refractivity (Wildman–Crippen MR) is 72.2 cm³/mol. The second-order valence-electron chi connectivity index (χ2n) is 4.52. The summed E-state index contributed by atoms with van der Waals surface area (Å²) in [5.41, 5.74) is 0.633. The molecule has 0 saturated carbocycles. The summed E-state index contributed by atoms with van der Waals surface area (Å²) < 4.78 is 0. The molecule has 18 heavy (non-hydrogen) atoms. The predicted octanol–water partition coefficient (Wildman–Crippen LogP) is 1.67. The molecule has 0 aromatic carbocycles. The lowest BCUT2D eigenvalue weighted by molar-refractivity contribution is -0.136. The molecule has 2 heterocycles. The molecule has 5 nitrogen and oxygen atoms in total. The highest BCUT2D eigenvalue weighted by atomic mass is 32.1. The molecule has 2 rings (SSSR count). The summed E-state index contributed by atoms with van der Waals surface area (Å²) in [5, 5.41) is 14.6. The number of nitrogens with zero attached hydrogens (tertiary/aromatic N) is 2. The van der Waals surface area contributed by atoms with Gasteiger partial charge in [-0.05, 0) is 25.9 Å². The molecule has 1 aromatic heterocycles. The zero-order valence-corrected chi connectivity index (χ0v) is 11.4. The lowest BCUT2D eigenvalue weighted by Gasteiger charge is -2.22. The van der Waals surface area contributed by atoms with Gasteiger partial charge in [-0.25, -0.2) is 4.98 Å². The normalized spacial score (nSPS) is 20.2. The Morgan fingerprint density at radius 2 is 2.56 bits per heavy atom. The first-order valence-corrected chi connectivity index (χ1v) is 7.21. The molecule has 0 amide bonds. The molecule has 1 unspecified atom stereocenters. The third-order valence-electron chi connectivity index (χ3n) is 3.28. The number of rotatable bonds is 6. The minimum atomic E-state index is -0.834. The summed E-state index contributed by atoms with van der Waals surface area (Å²) >= 11 is 1.48. The van der Waals surface area contributed by atoms with Crippen LogP contribution in [0, 0.1) is 0 Å². The van der Waals surface area contributed by atoms with Gasteiger partial charge in [0.2, 0.25) is 0 Å². The maximum absolute atomic E-state index is 10.6. The Morgan fingerprint density at radius 3 is 3.28 bits per heavy atom. The summed E-state index contributed by atoms with van der Waals surface area (Å²) in [4.78, 5) is 17.3. The molecule has 1 aromatic rings. The number of hydrogen-bond acceptors (Lipinski definition) is 5. The second-order valence-corrected chi connectivity index (χ2v) is 5.38. The van der Waals surface area contributed by atoms with E-state index in [1.54, 1.807) is 0 Å². The molecular formula is C12H19N3O2S. The minimum absolute atomic E-state index is 0.00267. The monoisotopic (exact) mass is 269 g/mol. The molecule has 1 atom stereocenters. The third-order valence-corrected chi connectivity index (χ3v) is 4.13. The van der Waals surface area contributed by atoms with Crippen LogP contribution in [0.2, 0.25) is 0 Å². The topological polar surface area (TPSA) is 65.5 Å². The van der Waals surface area contributed by atoms with Crippen molar-refractivity contribution in [3.8, 4) is 0 Å². The highest BCUT2D eigenvalue weighted by Gasteiger charge is 2.22. The summed E-state index contributed by atoms with van der Waals surface area (Å²) in [5.74, 6) is -0.834. The summed E-state index contributed by atoms with van der Waals surface area (Å²) in [6, 6.07) is 0.585. The van der Waals surface area contributed by atoms with E-state index < -0.39 is 5.97 Å². The van der Waals surface area contributed by atoms with Crippen LogP contribution in [0.1, 0.15) is 25.5 Å². The maximum atomic E-state index is 10.6. The Morgan fingerprint density at radius 1 is 1.72 bits per heavy atom. The van der Waals surface area contributed by atoms with Crippen molar-refractivity contribution < 1.29 is 9.90 Å². The van der Waals surface area contributed by atoms with Gasteiger partial charge in [-0.15, -0.1) is 11.3 Å². The summed E-state index contributed by atoms with van der Waals surface area (Å²) in [6.45, 7) is 5.36. The molecule has 6 heteroatoms.